The number of nitrogens with zero attached hydrogens (tertiary/aromatic N) is 1. The molecule has 0 saturated carbocycles. The van der Waals surface area contributed by atoms with Crippen molar-refractivity contribution in [2.45, 2.75) is 38.4 Å². The Kier molecular flexibility index (Phi) is 7.93. The molecule has 184 valence electrons. The van der Waals surface area contributed by atoms with E-state index in [2.05, 4.69) is 53.5 Å². The molecule has 1 aliphatic rings. The van der Waals surface area contributed by atoms with Gasteiger partial charge < -0.3 is 19.5 Å². The fourth-order valence-corrected chi connectivity index (χ4v) is 4.92. The van der Waals surface area contributed by atoms with Gasteiger partial charge >= 0.3 is 0 Å². The van der Waals surface area contributed by atoms with Crippen molar-refractivity contribution in [1.29, 1.82) is 0 Å². The van der Waals surface area contributed by atoms with E-state index < -0.39 is 0 Å². The van der Waals surface area contributed by atoms with Crippen molar-refractivity contribution >= 4 is 5.91 Å². The van der Waals surface area contributed by atoms with Crippen LogP contribution in [0.25, 0.3) is 0 Å². The first kappa shape index (κ1) is 24.6. The van der Waals surface area contributed by atoms with Crippen LogP contribution in [0, 0.1) is 0 Å². The fraction of sp³-hybridized carbons (Fsp3) is 0.345. The molecule has 1 aliphatic heterocycles. The van der Waals surface area contributed by atoms with E-state index in [0.717, 1.165) is 31.7 Å². The molecule has 0 aliphatic carbocycles. The predicted molar refractivity (Wildman–Crippen MR) is 137 cm³/mol. The average molecular weight is 475 g/mol. The van der Waals surface area contributed by atoms with Gasteiger partial charge in [-0.25, -0.2) is 0 Å². The molecule has 0 aromatic heterocycles. The zero-order chi connectivity index (χ0) is 24.8. The second-order valence-corrected chi connectivity index (χ2v) is 8.78. The van der Waals surface area contributed by atoms with Crippen LogP contribution in [0.1, 0.15) is 46.4 Å². The highest BCUT2D eigenvalue weighted by atomic mass is 16.5. The quantitative estimate of drug-likeness (QED) is 0.472. The molecule has 3 aromatic rings. The third kappa shape index (κ3) is 5.43. The lowest BCUT2D eigenvalue weighted by Gasteiger charge is -2.42. The lowest BCUT2D eigenvalue weighted by atomic mass is 9.86. The van der Waals surface area contributed by atoms with Gasteiger partial charge in [0.2, 0.25) is 0 Å². The highest BCUT2D eigenvalue weighted by molar-refractivity contribution is 5.94. The van der Waals surface area contributed by atoms with E-state index in [1.54, 1.807) is 27.4 Å². The zero-order valence-corrected chi connectivity index (χ0v) is 20.9. The molecule has 6 nitrogen and oxygen atoms in total. The number of hydrogen-bond donors (Lipinski definition) is 1. The summed E-state index contributed by atoms with van der Waals surface area (Å²) >= 11 is 0. The largest absolute Gasteiger partial charge is 0.497 e. The molecule has 0 saturated heterocycles. The maximum Gasteiger partial charge on any atom is 0.251 e. The summed E-state index contributed by atoms with van der Waals surface area (Å²) in [4.78, 5) is 15.8. The van der Waals surface area contributed by atoms with Gasteiger partial charge in [-0.2, -0.15) is 0 Å². The van der Waals surface area contributed by atoms with Crippen molar-refractivity contribution in [3.63, 3.8) is 0 Å². The van der Waals surface area contributed by atoms with Crippen LogP contribution in [0.4, 0.5) is 0 Å². The van der Waals surface area contributed by atoms with Crippen molar-refractivity contribution in [1.82, 2.24) is 10.2 Å². The van der Waals surface area contributed by atoms with Crippen LogP contribution < -0.4 is 19.5 Å². The summed E-state index contributed by atoms with van der Waals surface area (Å²) in [6.45, 7) is 3.80. The molecule has 6 heteroatoms. The molecule has 0 fully saturated rings. The Morgan fingerprint density at radius 2 is 1.71 bits per heavy atom. The van der Waals surface area contributed by atoms with Crippen LogP contribution in [-0.4, -0.2) is 44.7 Å². The number of benzene rings is 3. The molecule has 3 aromatic carbocycles. The number of ether oxygens (including phenoxy) is 3. The summed E-state index contributed by atoms with van der Waals surface area (Å²) in [5.41, 5.74) is 4.23. The zero-order valence-electron chi connectivity index (χ0n) is 20.9. The molecule has 1 amide bonds. The Labute approximate surface area is 207 Å². The molecule has 0 unspecified atom stereocenters. The predicted octanol–water partition coefficient (Wildman–Crippen LogP) is 5.02. The molecule has 2 atom stereocenters. The van der Waals surface area contributed by atoms with E-state index in [4.69, 9.17) is 14.2 Å². The Balaban J connectivity index is 1.71. The minimum absolute atomic E-state index is 0.0154. The van der Waals surface area contributed by atoms with E-state index in [0.29, 0.717) is 17.1 Å². The van der Waals surface area contributed by atoms with Crippen LogP contribution in [0.3, 0.4) is 0 Å². The molecular formula is C29H34N2O4. The van der Waals surface area contributed by atoms with E-state index in [1.807, 2.05) is 24.3 Å². The van der Waals surface area contributed by atoms with Gasteiger partial charge in [0.15, 0.2) is 11.5 Å². The molecule has 1 N–H and O–H groups in total. The van der Waals surface area contributed by atoms with Gasteiger partial charge in [-0.05, 0) is 59.9 Å². The van der Waals surface area contributed by atoms with E-state index in [-0.39, 0.29) is 18.0 Å². The maximum atomic E-state index is 13.3. The average Bonchev–Trinajstić information content (AvgIpc) is 2.91. The number of carbonyl (C=O) groups excluding carboxylic acids is 1. The molecule has 35 heavy (non-hydrogen) atoms. The first-order valence-corrected chi connectivity index (χ1v) is 12.1. The Bertz CT molecular complexity index is 1150. The highest BCUT2D eigenvalue weighted by Crippen LogP contribution is 2.40. The van der Waals surface area contributed by atoms with E-state index in [9.17, 15) is 4.79 Å². The van der Waals surface area contributed by atoms with E-state index in [1.165, 1.54) is 16.7 Å². The van der Waals surface area contributed by atoms with Gasteiger partial charge in [0.25, 0.3) is 5.91 Å². The van der Waals surface area contributed by atoms with Gasteiger partial charge in [0.05, 0.1) is 27.4 Å². The Morgan fingerprint density at radius 3 is 2.40 bits per heavy atom. The number of amides is 1. The maximum absolute atomic E-state index is 13.3. The van der Waals surface area contributed by atoms with E-state index >= 15 is 0 Å². The number of rotatable bonds is 9. The first-order valence-electron chi connectivity index (χ1n) is 12.1. The molecule has 1 heterocycles. The minimum atomic E-state index is -0.108. The van der Waals surface area contributed by atoms with Crippen molar-refractivity contribution in [3.8, 4) is 17.2 Å². The van der Waals surface area contributed by atoms with Crippen molar-refractivity contribution in [2.24, 2.45) is 0 Å². The number of nitrogens with one attached hydrogen (secondary N) is 1. The lowest BCUT2D eigenvalue weighted by molar-refractivity contribution is 0.0858. The lowest BCUT2D eigenvalue weighted by Crippen LogP contribution is -2.48. The van der Waals surface area contributed by atoms with Crippen LogP contribution in [0.5, 0.6) is 17.2 Å². The third-order valence-corrected chi connectivity index (χ3v) is 6.72. The van der Waals surface area contributed by atoms with Crippen molar-refractivity contribution in [2.75, 3.05) is 27.9 Å². The van der Waals surface area contributed by atoms with Crippen molar-refractivity contribution in [3.05, 3.63) is 89.0 Å². The van der Waals surface area contributed by atoms with Gasteiger partial charge in [-0.1, -0.05) is 43.3 Å². The second kappa shape index (κ2) is 11.3. The van der Waals surface area contributed by atoms with Crippen molar-refractivity contribution < 1.29 is 19.0 Å². The topological polar surface area (TPSA) is 60.0 Å². The molecule has 0 radical (unpaired) electrons. The number of hydrogen-bond acceptors (Lipinski definition) is 5. The molecule has 4 rings (SSSR count). The first-order chi connectivity index (χ1) is 17.1. The van der Waals surface area contributed by atoms with Crippen LogP contribution >= 0.6 is 0 Å². The summed E-state index contributed by atoms with van der Waals surface area (Å²) in [6, 6.07) is 21.8. The highest BCUT2D eigenvalue weighted by Gasteiger charge is 2.35. The number of carbonyl (C=O) groups is 1. The molecule has 0 spiro atoms. The summed E-state index contributed by atoms with van der Waals surface area (Å²) < 4.78 is 16.5. The Hall–Kier alpha value is -3.51. The van der Waals surface area contributed by atoms with Gasteiger partial charge in [-0.3, -0.25) is 9.69 Å². The number of methoxy groups -OCH3 is 3. The fourth-order valence-electron chi connectivity index (χ4n) is 4.92. The standard InChI is InChI=1S/C29H34N2O4/c1-5-25(30-29(32)22-12-9-13-23(16-22)33-2)28-24-18-27(35-4)26(34-3)17-21(24)14-15-31(28)19-20-10-7-6-8-11-20/h6-13,16-18,25,28H,5,14-15,19H2,1-4H3,(H,30,32)/t25-,28-/m1/s1. The van der Waals surface area contributed by atoms with Gasteiger partial charge in [0.1, 0.15) is 5.75 Å². The number of fused-ring (bicyclic) bond motifs is 1. The smallest absolute Gasteiger partial charge is 0.251 e. The van der Waals surface area contributed by atoms with Gasteiger partial charge in [-0.15, -0.1) is 0 Å². The normalized spacial score (nSPS) is 16.2. The monoisotopic (exact) mass is 474 g/mol. The SMILES string of the molecule is CC[C@@H](NC(=O)c1cccc(OC)c1)[C@H]1c2cc(OC)c(OC)cc2CCN1Cc1ccccc1. The van der Waals surface area contributed by atoms with Crippen LogP contribution in [0.15, 0.2) is 66.7 Å². The van der Waals surface area contributed by atoms with Gasteiger partial charge in [0, 0.05) is 24.7 Å². The van der Waals surface area contributed by atoms with Crippen LogP contribution in [0.2, 0.25) is 0 Å². The summed E-state index contributed by atoms with van der Waals surface area (Å²) in [5.74, 6) is 1.99. The van der Waals surface area contributed by atoms with Crippen LogP contribution in [-0.2, 0) is 13.0 Å². The minimum Gasteiger partial charge on any atom is -0.497 e. The second-order valence-electron chi connectivity index (χ2n) is 8.78. The molecular weight excluding hydrogens is 440 g/mol. The summed E-state index contributed by atoms with van der Waals surface area (Å²) in [6.07, 6.45) is 1.68. The Morgan fingerprint density at radius 1 is 0.971 bits per heavy atom. The molecule has 0 bridgehead atoms. The third-order valence-electron chi connectivity index (χ3n) is 6.72. The summed E-state index contributed by atoms with van der Waals surface area (Å²) in [5, 5.41) is 3.32. The summed E-state index contributed by atoms with van der Waals surface area (Å²) in [7, 11) is 4.93.